The van der Waals surface area contributed by atoms with Crippen LogP contribution in [-0.2, 0) is 0 Å². The summed E-state index contributed by atoms with van der Waals surface area (Å²) in [6, 6.07) is 5.00. The molecule has 3 N–H and O–H groups in total. The van der Waals surface area contributed by atoms with Gasteiger partial charge in [-0.05, 0) is 31.2 Å². The molecular weight excluding hydrogens is 287 g/mol. The van der Waals surface area contributed by atoms with E-state index in [0.717, 1.165) is 6.07 Å². The predicted octanol–water partition coefficient (Wildman–Crippen LogP) is 3.07. The van der Waals surface area contributed by atoms with E-state index >= 15 is 0 Å². The van der Waals surface area contributed by atoms with E-state index in [-0.39, 0.29) is 22.0 Å². The Balaban J connectivity index is 2.32. The van der Waals surface area contributed by atoms with Crippen molar-refractivity contribution < 1.29 is 19.1 Å². The molecule has 5 nitrogen and oxygen atoms in total. The first-order chi connectivity index (χ1) is 9.38. The summed E-state index contributed by atoms with van der Waals surface area (Å²) in [6.07, 6.45) is 0. The second kappa shape index (κ2) is 5.34. The molecule has 0 atom stereocenters. The van der Waals surface area contributed by atoms with Crippen LogP contribution in [0.15, 0.2) is 24.3 Å². The highest BCUT2D eigenvalue weighted by Crippen LogP contribution is 2.20. The molecule has 2 aromatic rings. The Labute approximate surface area is 118 Å². The highest BCUT2D eigenvalue weighted by Gasteiger charge is 2.18. The molecule has 0 aliphatic carbocycles. The number of hydrogen-bond donors (Lipinski definition) is 3. The molecule has 1 heterocycles. The number of anilines is 1. The number of carboxylic acids is 1. The Bertz CT molecular complexity index is 697. The second-order valence-corrected chi connectivity index (χ2v) is 4.56. The van der Waals surface area contributed by atoms with Gasteiger partial charge in [-0.2, -0.15) is 0 Å². The van der Waals surface area contributed by atoms with E-state index in [4.69, 9.17) is 16.7 Å². The standard InChI is InChI=1S/C13H10ClFN2O3/c1-6-4-10(11(16-6)13(19)20)17-12(18)8-5-7(14)2-3-9(8)15/h2-5,16H,1H3,(H,17,18)(H,19,20). The molecule has 1 amide bonds. The normalized spacial score (nSPS) is 10.3. The highest BCUT2D eigenvalue weighted by molar-refractivity contribution is 6.31. The van der Waals surface area contributed by atoms with E-state index in [9.17, 15) is 14.0 Å². The number of rotatable bonds is 3. The fourth-order valence-corrected chi connectivity index (χ4v) is 1.89. The number of H-pyrrole nitrogens is 1. The fraction of sp³-hybridized carbons (Fsp3) is 0.0769. The van der Waals surface area contributed by atoms with Crippen molar-refractivity contribution in [1.82, 2.24) is 4.98 Å². The monoisotopic (exact) mass is 296 g/mol. The Morgan fingerprint density at radius 3 is 2.70 bits per heavy atom. The Morgan fingerprint density at radius 1 is 1.35 bits per heavy atom. The lowest BCUT2D eigenvalue weighted by Gasteiger charge is -2.06. The molecule has 0 aliphatic heterocycles. The summed E-state index contributed by atoms with van der Waals surface area (Å²) in [5.74, 6) is -2.73. The second-order valence-electron chi connectivity index (χ2n) is 4.12. The van der Waals surface area contributed by atoms with Gasteiger partial charge in [0, 0.05) is 10.7 Å². The van der Waals surface area contributed by atoms with Gasteiger partial charge in [0.05, 0.1) is 11.3 Å². The van der Waals surface area contributed by atoms with Crippen molar-refractivity contribution >= 4 is 29.2 Å². The largest absolute Gasteiger partial charge is 0.477 e. The van der Waals surface area contributed by atoms with Crippen LogP contribution in [0.4, 0.5) is 10.1 Å². The van der Waals surface area contributed by atoms with Gasteiger partial charge >= 0.3 is 5.97 Å². The topological polar surface area (TPSA) is 82.2 Å². The van der Waals surface area contributed by atoms with Gasteiger partial charge in [0.2, 0.25) is 0 Å². The summed E-state index contributed by atoms with van der Waals surface area (Å²) < 4.78 is 13.5. The van der Waals surface area contributed by atoms with Crippen LogP contribution in [0.5, 0.6) is 0 Å². The summed E-state index contributed by atoms with van der Waals surface area (Å²) in [6.45, 7) is 1.64. The minimum absolute atomic E-state index is 0.0689. The Morgan fingerprint density at radius 2 is 2.05 bits per heavy atom. The number of aromatic carboxylic acids is 1. The first-order valence-corrected chi connectivity index (χ1v) is 5.95. The Kier molecular flexibility index (Phi) is 3.76. The number of halogens is 2. The molecule has 0 radical (unpaired) electrons. The SMILES string of the molecule is Cc1cc(NC(=O)c2cc(Cl)ccc2F)c(C(=O)O)[nH]1. The number of hydrogen-bond acceptors (Lipinski definition) is 2. The van der Waals surface area contributed by atoms with E-state index in [0.29, 0.717) is 5.69 Å². The fourth-order valence-electron chi connectivity index (χ4n) is 1.72. The third-order valence-corrected chi connectivity index (χ3v) is 2.82. The number of carboxylic acid groups (broad SMARTS) is 1. The molecule has 1 aromatic heterocycles. The summed E-state index contributed by atoms with van der Waals surface area (Å²) >= 11 is 5.70. The van der Waals surface area contributed by atoms with Gasteiger partial charge in [-0.1, -0.05) is 11.6 Å². The van der Waals surface area contributed by atoms with Crippen molar-refractivity contribution in [2.24, 2.45) is 0 Å². The molecule has 0 aliphatic rings. The molecule has 7 heteroatoms. The smallest absolute Gasteiger partial charge is 0.354 e. The van der Waals surface area contributed by atoms with Crippen LogP contribution in [0.1, 0.15) is 26.5 Å². The van der Waals surface area contributed by atoms with Crippen LogP contribution < -0.4 is 5.32 Å². The van der Waals surface area contributed by atoms with Crippen LogP contribution in [0.25, 0.3) is 0 Å². The molecule has 104 valence electrons. The van der Waals surface area contributed by atoms with Crippen LogP contribution in [0.3, 0.4) is 0 Å². The summed E-state index contributed by atoms with van der Waals surface area (Å²) in [4.78, 5) is 25.5. The molecule has 20 heavy (non-hydrogen) atoms. The zero-order valence-electron chi connectivity index (χ0n) is 10.3. The molecule has 0 bridgehead atoms. The number of aromatic nitrogens is 1. The number of benzene rings is 1. The molecule has 0 spiro atoms. The number of carbonyl (C=O) groups excluding carboxylic acids is 1. The first-order valence-electron chi connectivity index (χ1n) is 5.58. The maximum absolute atomic E-state index is 13.5. The Hall–Kier alpha value is -2.34. The number of aryl methyl sites for hydroxylation is 1. The van der Waals surface area contributed by atoms with Crippen LogP contribution in [0, 0.1) is 12.7 Å². The third kappa shape index (κ3) is 2.80. The molecule has 0 saturated carbocycles. The number of carbonyl (C=O) groups is 2. The lowest BCUT2D eigenvalue weighted by atomic mass is 10.2. The summed E-state index contributed by atoms with van der Waals surface area (Å²) in [5.41, 5.74) is 0.203. The highest BCUT2D eigenvalue weighted by atomic mass is 35.5. The van der Waals surface area contributed by atoms with Crippen molar-refractivity contribution in [3.8, 4) is 0 Å². The van der Waals surface area contributed by atoms with E-state index in [1.54, 1.807) is 6.92 Å². The van der Waals surface area contributed by atoms with Crippen LogP contribution in [0.2, 0.25) is 5.02 Å². The maximum Gasteiger partial charge on any atom is 0.354 e. The quantitative estimate of drug-likeness (QED) is 0.814. The lowest BCUT2D eigenvalue weighted by Crippen LogP contribution is -2.15. The van der Waals surface area contributed by atoms with E-state index in [2.05, 4.69) is 10.3 Å². The third-order valence-electron chi connectivity index (χ3n) is 2.59. The number of amides is 1. The zero-order chi connectivity index (χ0) is 14.9. The van der Waals surface area contributed by atoms with Crippen LogP contribution in [-0.4, -0.2) is 22.0 Å². The van der Waals surface area contributed by atoms with Gasteiger partial charge in [-0.25, -0.2) is 9.18 Å². The van der Waals surface area contributed by atoms with Gasteiger partial charge in [-0.15, -0.1) is 0 Å². The van der Waals surface area contributed by atoms with Gasteiger partial charge in [-0.3, -0.25) is 4.79 Å². The summed E-state index contributed by atoms with van der Waals surface area (Å²) in [7, 11) is 0. The van der Waals surface area contributed by atoms with Crippen molar-refractivity contribution in [2.45, 2.75) is 6.92 Å². The van der Waals surface area contributed by atoms with Gasteiger partial charge < -0.3 is 15.4 Å². The molecule has 0 saturated heterocycles. The van der Waals surface area contributed by atoms with Crippen molar-refractivity contribution in [1.29, 1.82) is 0 Å². The van der Waals surface area contributed by atoms with Gasteiger partial charge in [0.25, 0.3) is 5.91 Å². The van der Waals surface area contributed by atoms with Crippen molar-refractivity contribution in [3.63, 3.8) is 0 Å². The number of aromatic amines is 1. The van der Waals surface area contributed by atoms with Crippen LogP contribution >= 0.6 is 11.6 Å². The average Bonchev–Trinajstić information content (AvgIpc) is 2.73. The van der Waals surface area contributed by atoms with E-state index in [1.807, 2.05) is 0 Å². The number of nitrogens with one attached hydrogen (secondary N) is 2. The zero-order valence-corrected chi connectivity index (χ0v) is 11.1. The predicted molar refractivity (Wildman–Crippen MR) is 71.9 cm³/mol. The average molecular weight is 297 g/mol. The first kappa shape index (κ1) is 14.1. The van der Waals surface area contributed by atoms with Gasteiger partial charge in [0.1, 0.15) is 11.5 Å². The van der Waals surface area contributed by atoms with Crippen molar-refractivity contribution in [2.75, 3.05) is 5.32 Å². The molecular formula is C13H10ClFN2O3. The minimum Gasteiger partial charge on any atom is -0.477 e. The maximum atomic E-state index is 13.5. The van der Waals surface area contributed by atoms with Crippen molar-refractivity contribution in [3.05, 3.63) is 52.1 Å². The minimum atomic E-state index is -1.22. The lowest BCUT2D eigenvalue weighted by molar-refractivity contribution is 0.0692. The molecule has 1 aromatic carbocycles. The molecule has 2 rings (SSSR count). The molecule has 0 unspecified atom stereocenters. The molecule has 0 fully saturated rings. The van der Waals surface area contributed by atoms with E-state index < -0.39 is 17.7 Å². The van der Waals surface area contributed by atoms with Gasteiger partial charge in [0.15, 0.2) is 0 Å². The van der Waals surface area contributed by atoms with E-state index in [1.165, 1.54) is 18.2 Å². The summed E-state index contributed by atoms with van der Waals surface area (Å²) in [5, 5.41) is 11.5.